The first-order valence-electron chi connectivity index (χ1n) is 11.2. The zero-order valence-corrected chi connectivity index (χ0v) is 19.1. The fourth-order valence-corrected chi connectivity index (χ4v) is 4.12. The van der Waals surface area contributed by atoms with Crippen LogP contribution in [0.25, 0.3) is 10.8 Å². The number of nitrogens with one attached hydrogen (secondary N) is 1. The van der Waals surface area contributed by atoms with Gasteiger partial charge in [-0.2, -0.15) is 0 Å². The summed E-state index contributed by atoms with van der Waals surface area (Å²) in [5.41, 5.74) is 2.63. The number of benzene rings is 3. The van der Waals surface area contributed by atoms with Gasteiger partial charge in [0.1, 0.15) is 0 Å². The highest BCUT2D eigenvalue weighted by molar-refractivity contribution is 5.98. The van der Waals surface area contributed by atoms with Crippen LogP contribution >= 0.6 is 0 Å². The highest BCUT2D eigenvalue weighted by atomic mass is 16.2. The Balaban J connectivity index is 1.34. The van der Waals surface area contributed by atoms with Crippen LogP contribution in [0.4, 0.5) is 11.4 Å². The van der Waals surface area contributed by atoms with Gasteiger partial charge >= 0.3 is 0 Å². The van der Waals surface area contributed by atoms with Gasteiger partial charge in [-0.15, -0.1) is 0 Å². The number of nitrogens with zero attached hydrogens (tertiary/aromatic N) is 2. The van der Waals surface area contributed by atoms with Crippen LogP contribution in [0.2, 0.25) is 0 Å². The van der Waals surface area contributed by atoms with Gasteiger partial charge in [0, 0.05) is 49.5 Å². The molecule has 2 amide bonds. The quantitative estimate of drug-likeness (QED) is 0.622. The maximum atomic E-state index is 13.0. The Morgan fingerprint density at radius 1 is 0.844 bits per heavy atom. The molecule has 0 bridgehead atoms. The van der Waals surface area contributed by atoms with E-state index in [9.17, 15) is 9.59 Å². The smallest absolute Gasteiger partial charge is 0.253 e. The van der Waals surface area contributed by atoms with E-state index in [0.29, 0.717) is 19.5 Å². The number of anilines is 2. The molecule has 0 radical (unpaired) electrons. The maximum absolute atomic E-state index is 13.0. The van der Waals surface area contributed by atoms with Crippen LogP contribution < -0.4 is 10.2 Å². The van der Waals surface area contributed by atoms with Crippen molar-refractivity contribution in [2.24, 2.45) is 5.41 Å². The summed E-state index contributed by atoms with van der Waals surface area (Å²) in [5, 5.41) is 5.21. The molecule has 1 aliphatic heterocycles. The van der Waals surface area contributed by atoms with Crippen molar-refractivity contribution < 1.29 is 9.59 Å². The predicted octanol–water partition coefficient (Wildman–Crippen LogP) is 5.18. The average molecular weight is 430 g/mol. The van der Waals surface area contributed by atoms with Crippen molar-refractivity contribution in [1.29, 1.82) is 0 Å². The van der Waals surface area contributed by atoms with Crippen molar-refractivity contribution in [2.45, 2.75) is 27.2 Å². The molecular weight excluding hydrogens is 398 g/mol. The highest BCUT2D eigenvalue weighted by Crippen LogP contribution is 2.23. The minimum Gasteiger partial charge on any atom is -0.368 e. The van der Waals surface area contributed by atoms with Crippen LogP contribution in [0.1, 0.15) is 37.6 Å². The summed E-state index contributed by atoms with van der Waals surface area (Å²) < 4.78 is 0. The van der Waals surface area contributed by atoms with Crippen LogP contribution in [0.15, 0.2) is 66.7 Å². The average Bonchev–Trinajstić information content (AvgIpc) is 2.77. The van der Waals surface area contributed by atoms with E-state index < -0.39 is 0 Å². The molecule has 0 aromatic heterocycles. The molecule has 1 heterocycles. The van der Waals surface area contributed by atoms with Gasteiger partial charge in [-0.05, 0) is 52.6 Å². The van der Waals surface area contributed by atoms with Crippen molar-refractivity contribution in [3.8, 4) is 0 Å². The standard InChI is InChI=1S/C27H31N3O2/c1-27(2,3)19-25(31)28-23-10-12-24(13-11-23)29-14-16-30(17-15-29)26(32)22-9-8-20-6-4-5-7-21(20)18-22/h4-13,18H,14-17,19H2,1-3H3,(H,28,31). The molecule has 0 atom stereocenters. The third-order valence-corrected chi connectivity index (χ3v) is 5.77. The summed E-state index contributed by atoms with van der Waals surface area (Å²) in [5.74, 6) is 0.123. The molecule has 1 aliphatic rings. The minimum atomic E-state index is -0.0337. The molecule has 4 rings (SSSR count). The Morgan fingerprint density at radius 3 is 2.16 bits per heavy atom. The van der Waals surface area contributed by atoms with Gasteiger partial charge in [0.15, 0.2) is 0 Å². The van der Waals surface area contributed by atoms with E-state index in [2.05, 4.69) is 37.1 Å². The van der Waals surface area contributed by atoms with E-state index in [1.807, 2.05) is 65.6 Å². The Labute approximate surface area is 190 Å². The monoisotopic (exact) mass is 429 g/mol. The van der Waals surface area contributed by atoms with Gasteiger partial charge in [0.2, 0.25) is 5.91 Å². The number of carbonyl (C=O) groups is 2. The van der Waals surface area contributed by atoms with Crippen LogP contribution in [0, 0.1) is 5.41 Å². The molecule has 1 saturated heterocycles. The summed E-state index contributed by atoms with van der Waals surface area (Å²) in [7, 11) is 0. The maximum Gasteiger partial charge on any atom is 0.253 e. The van der Waals surface area contributed by atoms with Gasteiger partial charge in [0.05, 0.1) is 0 Å². The molecule has 0 aliphatic carbocycles. The second kappa shape index (κ2) is 9.03. The van der Waals surface area contributed by atoms with Gasteiger partial charge < -0.3 is 15.1 Å². The number of rotatable bonds is 4. The normalized spacial score (nSPS) is 14.5. The summed E-state index contributed by atoms with van der Waals surface area (Å²) in [4.78, 5) is 29.4. The van der Waals surface area contributed by atoms with E-state index in [1.54, 1.807) is 0 Å². The molecule has 1 N–H and O–H groups in total. The molecule has 32 heavy (non-hydrogen) atoms. The summed E-state index contributed by atoms with van der Waals surface area (Å²) in [6, 6.07) is 22.0. The SMILES string of the molecule is CC(C)(C)CC(=O)Nc1ccc(N2CCN(C(=O)c3ccc4ccccc4c3)CC2)cc1. The Kier molecular flexibility index (Phi) is 6.17. The van der Waals surface area contributed by atoms with Crippen LogP contribution in [-0.2, 0) is 4.79 Å². The second-order valence-electron chi connectivity index (χ2n) is 9.67. The number of carbonyl (C=O) groups excluding carboxylic acids is 2. The fraction of sp³-hybridized carbons (Fsp3) is 0.333. The second-order valence-corrected chi connectivity index (χ2v) is 9.67. The largest absolute Gasteiger partial charge is 0.368 e. The lowest BCUT2D eigenvalue weighted by Gasteiger charge is -2.36. The zero-order chi connectivity index (χ0) is 22.7. The zero-order valence-electron chi connectivity index (χ0n) is 19.1. The highest BCUT2D eigenvalue weighted by Gasteiger charge is 2.22. The third kappa shape index (κ3) is 5.28. The minimum absolute atomic E-state index is 0.0334. The molecule has 0 unspecified atom stereocenters. The van der Waals surface area contributed by atoms with E-state index >= 15 is 0 Å². The number of fused-ring (bicyclic) bond motifs is 1. The third-order valence-electron chi connectivity index (χ3n) is 5.77. The lowest BCUT2D eigenvalue weighted by Crippen LogP contribution is -2.48. The van der Waals surface area contributed by atoms with Crippen molar-refractivity contribution >= 4 is 34.0 Å². The van der Waals surface area contributed by atoms with E-state index in [-0.39, 0.29) is 17.2 Å². The summed E-state index contributed by atoms with van der Waals surface area (Å²) in [6.45, 7) is 9.12. The van der Waals surface area contributed by atoms with Crippen LogP contribution in [-0.4, -0.2) is 42.9 Å². The van der Waals surface area contributed by atoms with Crippen LogP contribution in [0.3, 0.4) is 0 Å². The molecule has 166 valence electrons. The molecule has 3 aromatic rings. The number of piperazine rings is 1. The molecular formula is C27H31N3O2. The fourth-order valence-electron chi connectivity index (χ4n) is 4.12. The molecule has 0 saturated carbocycles. The van der Waals surface area contributed by atoms with Crippen molar-refractivity contribution in [3.63, 3.8) is 0 Å². The molecule has 0 spiro atoms. The molecule has 5 nitrogen and oxygen atoms in total. The van der Waals surface area contributed by atoms with Gasteiger partial charge in [-0.1, -0.05) is 51.1 Å². The summed E-state index contributed by atoms with van der Waals surface area (Å²) in [6.07, 6.45) is 0.488. The predicted molar refractivity (Wildman–Crippen MR) is 131 cm³/mol. The van der Waals surface area contributed by atoms with Crippen molar-refractivity contribution in [1.82, 2.24) is 4.90 Å². The number of amides is 2. The van der Waals surface area contributed by atoms with Gasteiger partial charge in [-0.25, -0.2) is 0 Å². The lowest BCUT2D eigenvalue weighted by molar-refractivity contribution is -0.117. The van der Waals surface area contributed by atoms with Gasteiger partial charge in [0.25, 0.3) is 5.91 Å². The number of hydrogen-bond acceptors (Lipinski definition) is 3. The first-order chi connectivity index (χ1) is 15.3. The first kappa shape index (κ1) is 21.9. The van der Waals surface area contributed by atoms with Crippen LogP contribution in [0.5, 0.6) is 0 Å². The lowest BCUT2D eigenvalue weighted by atomic mass is 9.92. The topological polar surface area (TPSA) is 52.7 Å². The van der Waals surface area contributed by atoms with E-state index in [4.69, 9.17) is 0 Å². The van der Waals surface area contributed by atoms with Gasteiger partial charge in [-0.3, -0.25) is 9.59 Å². The number of hydrogen-bond donors (Lipinski definition) is 1. The van der Waals surface area contributed by atoms with E-state index in [1.165, 1.54) is 0 Å². The Morgan fingerprint density at radius 2 is 1.50 bits per heavy atom. The molecule has 3 aromatic carbocycles. The van der Waals surface area contributed by atoms with E-state index in [0.717, 1.165) is 40.8 Å². The van der Waals surface area contributed by atoms with Crippen molar-refractivity contribution in [3.05, 3.63) is 72.3 Å². The van der Waals surface area contributed by atoms with Crippen molar-refractivity contribution in [2.75, 3.05) is 36.4 Å². The molecule has 1 fully saturated rings. The Hall–Kier alpha value is -3.34. The first-order valence-corrected chi connectivity index (χ1v) is 11.2. The Bertz CT molecular complexity index is 1110. The molecule has 5 heteroatoms. The summed E-state index contributed by atoms with van der Waals surface area (Å²) >= 11 is 0.